The molecule has 1 aromatic heterocycles. The second-order valence-corrected chi connectivity index (χ2v) is 4.32. The summed E-state index contributed by atoms with van der Waals surface area (Å²) in [6, 6.07) is 6.39. The van der Waals surface area contributed by atoms with Crippen molar-refractivity contribution in [3.8, 4) is 0 Å². The highest BCUT2D eigenvalue weighted by molar-refractivity contribution is 5.99. The van der Waals surface area contributed by atoms with Crippen LogP contribution in [-0.4, -0.2) is 21.9 Å². The van der Waals surface area contributed by atoms with Crippen molar-refractivity contribution in [1.29, 1.82) is 0 Å². The number of hydrogen-bond donors (Lipinski definition) is 3. The van der Waals surface area contributed by atoms with Gasteiger partial charge in [-0.15, -0.1) is 0 Å². The predicted octanol–water partition coefficient (Wildman–Crippen LogP) is 1.26. The van der Waals surface area contributed by atoms with Crippen molar-refractivity contribution in [3.63, 3.8) is 0 Å². The van der Waals surface area contributed by atoms with Crippen LogP contribution < -0.4 is 11.1 Å². The van der Waals surface area contributed by atoms with Gasteiger partial charge in [0.15, 0.2) is 5.84 Å². The third-order valence-electron chi connectivity index (χ3n) is 2.90. The summed E-state index contributed by atoms with van der Waals surface area (Å²) in [6.45, 7) is 2.19. The molecule has 4 N–H and O–H groups in total. The minimum Gasteiger partial charge on any atom is -0.444 e. The van der Waals surface area contributed by atoms with E-state index in [2.05, 4.69) is 15.5 Å². The van der Waals surface area contributed by atoms with Crippen molar-refractivity contribution in [3.05, 3.63) is 53.2 Å². The number of hydrogen-bond acceptors (Lipinski definition) is 5. The highest BCUT2D eigenvalue weighted by Gasteiger charge is 2.08. The number of benzene rings is 1. The number of amidine groups is 1. The van der Waals surface area contributed by atoms with Gasteiger partial charge in [0.25, 0.3) is 5.91 Å². The van der Waals surface area contributed by atoms with Gasteiger partial charge in [-0.2, -0.15) is 0 Å². The second kappa shape index (κ2) is 6.56. The molecule has 1 heterocycles. The van der Waals surface area contributed by atoms with Gasteiger partial charge in [-0.05, 0) is 12.1 Å². The lowest BCUT2D eigenvalue weighted by Crippen LogP contribution is -2.23. The van der Waals surface area contributed by atoms with E-state index in [4.69, 9.17) is 15.4 Å². The lowest BCUT2D eigenvalue weighted by atomic mass is 10.1. The Balaban J connectivity index is 1.97. The van der Waals surface area contributed by atoms with Crippen LogP contribution in [0.2, 0.25) is 0 Å². The highest BCUT2D eigenvalue weighted by atomic mass is 16.4. The van der Waals surface area contributed by atoms with E-state index in [1.54, 1.807) is 30.5 Å². The molecule has 0 radical (unpaired) electrons. The Bertz CT molecular complexity index is 646. The zero-order valence-electron chi connectivity index (χ0n) is 11.5. The van der Waals surface area contributed by atoms with E-state index in [1.165, 1.54) is 0 Å². The number of amides is 1. The number of oxazole rings is 1. The number of nitrogens with zero attached hydrogens (tertiary/aromatic N) is 2. The van der Waals surface area contributed by atoms with Gasteiger partial charge in [-0.3, -0.25) is 4.79 Å². The van der Waals surface area contributed by atoms with E-state index in [0.29, 0.717) is 17.0 Å². The summed E-state index contributed by atoms with van der Waals surface area (Å²) in [5.74, 6) is 0.988. The van der Waals surface area contributed by atoms with Crippen molar-refractivity contribution in [2.24, 2.45) is 10.9 Å². The zero-order chi connectivity index (χ0) is 15.2. The topological polar surface area (TPSA) is 114 Å². The van der Waals surface area contributed by atoms with Crippen LogP contribution in [0.3, 0.4) is 0 Å². The number of aromatic nitrogens is 1. The average Bonchev–Trinajstić information content (AvgIpc) is 3.00. The molecule has 1 aromatic carbocycles. The Labute approximate surface area is 121 Å². The maximum atomic E-state index is 12.0. The predicted molar refractivity (Wildman–Crippen MR) is 76.0 cm³/mol. The smallest absolute Gasteiger partial charge is 0.251 e. The van der Waals surface area contributed by atoms with Crippen LogP contribution in [0.15, 0.2) is 40.0 Å². The van der Waals surface area contributed by atoms with Crippen molar-refractivity contribution >= 4 is 11.7 Å². The number of oxime groups is 1. The molecular weight excluding hydrogens is 272 g/mol. The van der Waals surface area contributed by atoms with Gasteiger partial charge in [0.05, 0.1) is 12.7 Å². The Hall–Kier alpha value is -2.83. The molecule has 1 amide bonds. The summed E-state index contributed by atoms with van der Waals surface area (Å²) in [4.78, 5) is 16.0. The van der Waals surface area contributed by atoms with E-state index in [0.717, 1.165) is 12.2 Å². The monoisotopic (exact) mass is 288 g/mol. The fourth-order valence-electron chi connectivity index (χ4n) is 1.70. The molecule has 7 heteroatoms. The Kier molecular flexibility index (Phi) is 4.55. The standard InChI is InChI=1S/C14H16N4O3/c1-2-11-7-16-12(21-11)8-17-14(19)10-5-3-9(4-6-10)13(15)18-20/h3-7,20H,2,8H2,1H3,(H2,15,18)(H,17,19). The molecule has 0 aliphatic carbocycles. The lowest BCUT2D eigenvalue weighted by molar-refractivity contribution is 0.0947. The van der Waals surface area contributed by atoms with Crippen LogP contribution in [0.5, 0.6) is 0 Å². The van der Waals surface area contributed by atoms with Crippen LogP contribution in [0.4, 0.5) is 0 Å². The first-order chi connectivity index (χ1) is 10.1. The number of nitrogens with two attached hydrogens (primary N) is 1. The molecule has 2 aromatic rings. The summed E-state index contributed by atoms with van der Waals surface area (Å²) in [7, 11) is 0. The van der Waals surface area contributed by atoms with E-state index < -0.39 is 0 Å². The van der Waals surface area contributed by atoms with Crippen LogP contribution in [-0.2, 0) is 13.0 Å². The van der Waals surface area contributed by atoms with Crippen LogP contribution >= 0.6 is 0 Å². The van der Waals surface area contributed by atoms with E-state index >= 15 is 0 Å². The molecule has 0 fully saturated rings. The average molecular weight is 288 g/mol. The van der Waals surface area contributed by atoms with Crippen molar-refractivity contribution < 1.29 is 14.4 Å². The van der Waals surface area contributed by atoms with Gasteiger partial charge in [0.1, 0.15) is 5.76 Å². The maximum absolute atomic E-state index is 12.0. The van der Waals surface area contributed by atoms with Gasteiger partial charge < -0.3 is 20.7 Å². The van der Waals surface area contributed by atoms with Crippen molar-refractivity contribution in [1.82, 2.24) is 10.3 Å². The largest absolute Gasteiger partial charge is 0.444 e. The number of aryl methyl sites for hydroxylation is 1. The normalized spacial score (nSPS) is 11.4. The van der Waals surface area contributed by atoms with Gasteiger partial charge in [0.2, 0.25) is 5.89 Å². The molecule has 2 rings (SSSR count). The zero-order valence-corrected chi connectivity index (χ0v) is 11.5. The lowest BCUT2D eigenvalue weighted by Gasteiger charge is -2.04. The molecule has 0 saturated carbocycles. The molecule has 0 aliphatic heterocycles. The molecule has 0 saturated heterocycles. The Morgan fingerprint density at radius 3 is 2.62 bits per heavy atom. The first-order valence-corrected chi connectivity index (χ1v) is 6.43. The molecule has 0 aliphatic rings. The SMILES string of the molecule is CCc1cnc(CNC(=O)c2ccc(/C(N)=N/O)cc2)o1. The highest BCUT2D eigenvalue weighted by Crippen LogP contribution is 2.06. The quantitative estimate of drug-likeness (QED) is 0.332. The molecule has 0 spiro atoms. The van der Waals surface area contributed by atoms with Gasteiger partial charge in [-0.1, -0.05) is 24.2 Å². The minimum absolute atomic E-state index is 0.00570. The van der Waals surface area contributed by atoms with Crippen LogP contribution in [0, 0.1) is 0 Å². The summed E-state index contributed by atoms with van der Waals surface area (Å²) >= 11 is 0. The fraction of sp³-hybridized carbons (Fsp3) is 0.214. The molecule has 0 unspecified atom stereocenters. The van der Waals surface area contributed by atoms with E-state index in [9.17, 15) is 4.79 Å². The summed E-state index contributed by atoms with van der Waals surface area (Å²) in [5, 5.41) is 14.2. The summed E-state index contributed by atoms with van der Waals surface area (Å²) in [5.41, 5.74) is 6.45. The first kappa shape index (κ1) is 14.6. The van der Waals surface area contributed by atoms with Gasteiger partial charge >= 0.3 is 0 Å². The number of rotatable bonds is 5. The molecule has 110 valence electrons. The summed E-state index contributed by atoms with van der Waals surface area (Å²) < 4.78 is 5.40. The van der Waals surface area contributed by atoms with Gasteiger partial charge in [0, 0.05) is 17.5 Å². The van der Waals surface area contributed by atoms with Crippen LogP contribution in [0.25, 0.3) is 0 Å². The molecule has 0 bridgehead atoms. The Morgan fingerprint density at radius 2 is 2.05 bits per heavy atom. The molecule has 21 heavy (non-hydrogen) atoms. The van der Waals surface area contributed by atoms with Crippen molar-refractivity contribution in [2.75, 3.05) is 0 Å². The van der Waals surface area contributed by atoms with E-state index in [1.807, 2.05) is 6.92 Å². The fourth-order valence-corrected chi connectivity index (χ4v) is 1.70. The third-order valence-corrected chi connectivity index (χ3v) is 2.90. The third kappa shape index (κ3) is 3.59. The molecule has 0 atom stereocenters. The Morgan fingerprint density at radius 1 is 1.38 bits per heavy atom. The maximum Gasteiger partial charge on any atom is 0.251 e. The number of carbonyl (C=O) groups is 1. The van der Waals surface area contributed by atoms with Gasteiger partial charge in [-0.25, -0.2) is 4.98 Å². The molecule has 7 nitrogen and oxygen atoms in total. The number of nitrogens with one attached hydrogen (secondary N) is 1. The summed E-state index contributed by atoms with van der Waals surface area (Å²) in [6.07, 6.45) is 2.41. The first-order valence-electron chi connectivity index (χ1n) is 6.43. The number of carbonyl (C=O) groups excluding carboxylic acids is 1. The molecular formula is C14H16N4O3. The van der Waals surface area contributed by atoms with Crippen LogP contribution in [0.1, 0.15) is 34.5 Å². The second-order valence-electron chi connectivity index (χ2n) is 4.32. The minimum atomic E-state index is -0.252. The van der Waals surface area contributed by atoms with E-state index in [-0.39, 0.29) is 18.3 Å². The van der Waals surface area contributed by atoms with Crippen molar-refractivity contribution in [2.45, 2.75) is 19.9 Å².